The molecule has 0 fully saturated rings. The van der Waals surface area contributed by atoms with Crippen LogP contribution in [0.4, 0.5) is 0 Å². The van der Waals surface area contributed by atoms with Crippen LogP contribution in [-0.2, 0) is 30.6 Å². The Kier molecular flexibility index (Phi) is 4.60. The summed E-state index contributed by atoms with van der Waals surface area (Å²) in [6.45, 7) is 3.04. The highest BCUT2D eigenvalue weighted by molar-refractivity contribution is 5.79. The van der Waals surface area contributed by atoms with Crippen LogP contribution in [0.2, 0.25) is 0 Å². The predicted octanol–water partition coefficient (Wildman–Crippen LogP) is 3.59. The van der Waals surface area contributed by atoms with Gasteiger partial charge in [-0.1, -0.05) is 25.1 Å². The van der Waals surface area contributed by atoms with Crippen LogP contribution in [0, 0.1) is 5.92 Å². The zero-order chi connectivity index (χ0) is 17.2. The number of benzene rings is 1. The number of imidazole rings is 1. The van der Waals surface area contributed by atoms with E-state index in [1.807, 2.05) is 12.4 Å². The molecule has 1 aromatic carbocycles. The molecule has 1 amide bonds. The molecule has 2 aromatic rings. The Hall–Kier alpha value is -2.10. The number of aryl methyl sites for hydroxylation is 3. The fourth-order valence-corrected chi connectivity index (χ4v) is 4.26. The summed E-state index contributed by atoms with van der Waals surface area (Å²) >= 11 is 0. The van der Waals surface area contributed by atoms with Crippen LogP contribution in [0.3, 0.4) is 0 Å². The number of nitrogens with one attached hydrogen (secondary N) is 1. The molecule has 0 spiro atoms. The van der Waals surface area contributed by atoms with Gasteiger partial charge in [-0.3, -0.25) is 4.79 Å². The van der Waals surface area contributed by atoms with Gasteiger partial charge >= 0.3 is 0 Å². The van der Waals surface area contributed by atoms with E-state index in [0.717, 1.165) is 31.6 Å². The molecule has 0 bridgehead atoms. The van der Waals surface area contributed by atoms with E-state index >= 15 is 0 Å². The molecule has 2 atom stereocenters. The maximum absolute atomic E-state index is 12.8. The zero-order valence-electron chi connectivity index (χ0n) is 15.0. The molecule has 25 heavy (non-hydrogen) atoms. The van der Waals surface area contributed by atoms with Gasteiger partial charge in [0.25, 0.3) is 0 Å². The van der Waals surface area contributed by atoms with Gasteiger partial charge in [-0.2, -0.15) is 0 Å². The molecule has 0 saturated heterocycles. The van der Waals surface area contributed by atoms with Crippen molar-refractivity contribution >= 4 is 5.91 Å². The highest BCUT2D eigenvalue weighted by atomic mass is 16.1. The first-order valence-electron chi connectivity index (χ1n) is 9.66. The lowest BCUT2D eigenvalue weighted by Crippen LogP contribution is -2.37. The molecule has 0 radical (unpaired) electrons. The van der Waals surface area contributed by atoms with E-state index in [1.54, 1.807) is 0 Å². The number of hydrogen-bond donors (Lipinski definition) is 1. The second-order valence-electron chi connectivity index (χ2n) is 7.43. The largest absolute Gasteiger partial charge is 0.349 e. The third-order valence-corrected chi connectivity index (χ3v) is 5.82. The first kappa shape index (κ1) is 16.4. The molecule has 2 aliphatic rings. The molecule has 2 heterocycles. The zero-order valence-corrected chi connectivity index (χ0v) is 15.0. The minimum Gasteiger partial charge on any atom is -0.349 e. The van der Waals surface area contributed by atoms with E-state index in [-0.39, 0.29) is 17.9 Å². The molecule has 1 aromatic heterocycles. The number of carbonyl (C=O) groups is 1. The Morgan fingerprint density at radius 1 is 1.32 bits per heavy atom. The first-order chi connectivity index (χ1) is 12.2. The van der Waals surface area contributed by atoms with Gasteiger partial charge in [-0.05, 0) is 55.2 Å². The van der Waals surface area contributed by atoms with Gasteiger partial charge in [0.15, 0.2) is 0 Å². The van der Waals surface area contributed by atoms with Crippen LogP contribution in [0.5, 0.6) is 0 Å². The molecular weight excluding hydrogens is 310 g/mol. The quantitative estimate of drug-likeness (QED) is 0.927. The van der Waals surface area contributed by atoms with Gasteiger partial charge < -0.3 is 9.88 Å². The molecule has 1 N–H and O–H groups in total. The summed E-state index contributed by atoms with van der Waals surface area (Å²) in [4.78, 5) is 17.2. The summed E-state index contributed by atoms with van der Waals surface area (Å²) in [5.41, 5.74) is 4.24. The predicted molar refractivity (Wildman–Crippen MR) is 98.3 cm³/mol. The van der Waals surface area contributed by atoms with Crippen LogP contribution in [0.25, 0.3) is 0 Å². The normalized spacial score (nSPS) is 20.4. The number of aromatic nitrogens is 2. The van der Waals surface area contributed by atoms with Crippen molar-refractivity contribution in [3.8, 4) is 0 Å². The molecule has 132 valence electrons. The van der Waals surface area contributed by atoms with Gasteiger partial charge in [0.2, 0.25) is 5.91 Å². The van der Waals surface area contributed by atoms with Crippen molar-refractivity contribution in [3.63, 3.8) is 0 Å². The maximum Gasteiger partial charge on any atom is 0.224 e. The van der Waals surface area contributed by atoms with E-state index in [1.165, 1.54) is 42.4 Å². The van der Waals surface area contributed by atoms with Gasteiger partial charge in [0.05, 0.1) is 6.04 Å². The van der Waals surface area contributed by atoms with Crippen molar-refractivity contribution < 1.29 is 4.79 Å². The fourth-order valence-electron chi connectivity index (χ4n) is 4.26. The van der Waals surface area contributed by atoms with Crippen LogP contribution < -0.4 is 5.32 Å². The molecule has 4 rings (SSSR count). The Labute approximate surface area is 149 Å². The Morgan fingerprint density at radius 3 is 3.00 bits per heavy atom. The monoisotopic (exact) mass is 337 g/mol. The molecular formula is C21H27N3O. The van der Waals surface area contributed by atoms with Crippen molar-refractivity contribution in [3.05, 3.63) is 53.1 Å². The van der Waals surface area contributed by atoms with Crippen LogP contribution in [-0.4, -0.2) is 15.5 Å². The van der Waals surface area contributed by atoms with Crippen molar-refractivity contribution in [1.29, 1.82) is 0 Å². The topological polar surface area (TPSA) is 46.9 Å². The molecule has 4 heteroatoms. The lowest BCUT2D eigenvalue weighted by atomic mass is 9.88. The SMILES string of the molecule is CCC(NC(=O)C1CCn2ccnc2C1)c1ccc2c(c1)CCCC2. The molecule has 1 aliphatic carbocycles. The second-order valence-corrected chi connectivity index (χ2v) is 7.43. The summed E-state index contributed by atoms with van der Waals surface area (Å²) < 4.78 is 2.16. The summed E-state index contributed by atoms with van der Waals surface area (Å²) in [6.07, 6.45) is 11.4. The maximum atomic E-state index is 12.8. The molecule has 1 aliphatic heterocycles. The average Bonchev–Trinajstić information content (AvgIpc) is 3.13. The van der Waals surface area contributed by atoms with E-state index in [0.29, 0.717) is 0 Å². The van der Waals surface area contributed by atoms with Crippen LogP contribution >= 0.6 is 0 Å². The van der Waals surface area contributed by atoms with E-state index < -0.39 is 0 Å². The number of nitrogens with zero attached hydrogens (tertiary/aromatic N) is 2. The summed E-state index contributed by atoms with van der Waals surface area (Å²) in [5.74, 6) is 1.26. The van der Waals surface area contributed by atoms with E-state index in [2.05, 4.69) is 40.0 Å². The highest BCUT2D eigenvalue weighted by Gasteiger charge is 2.27. The number of rotatable bonds is 4. The first-order valence-corrected chi connectivity index (χ1v) is 9.66. The Bertz CT molecular complexity index is 764. The standard InChI is InChI=1S/C21H27N3O/c1-2-19(17-8-7-15-5-3-4-6-16(15)13-17)23-21(25)18-9-11-24-12-10-22-20(24)14-18/h7-8,10,12-13,18-19H,2-6,9,11,14H2,1H3,(H,23,25). The molecule has 4 nitrogen and oxygen atoms in total. The van der Waals surface area contributed by atoms with E-state index in [9.17, 15) is 4.79 Å². The van der Waals surface area contributed by atoms with E-state index in [4.69, 9.17) is 0 Å². The second kappa shape index (κ2) is 7.03. The van der Waals surface area contributed by atoms with Crippen molar-refractivity contribution in [2.75, 3.05) is 0 Å². The third-order valence-electron chi connectivity index (χ3n) is 5.82. The minimum atomic E-state index is 0.0431. The number of hydrogen-bond acceptors (Lipinski definition) is 2. The minimum absolute atomic E-state index is 0.0431. The van der Waals surface area contributed by atoms with Gasteiger partial charge in [-0.15, -0.1) is 0 Å². The van der Waals surface area contributed by atoms with Gasteiger partial charge in [-0.25, -0.2) is 4.98 Å². The van der Waals surface area contributed by atoms with Gasteiger partial charge in [0, 0.05) is 31.3 Å². The van der Waals surface area contributed by atoms with Crippen molar-refractivity contribution in [2.45, 2.75) is 64.5 Å². The molecule has 2 unspecified atom stereocenters. The lowest BCUT2D eigenvalue weighted by molar-refractivity contribution is -0.126. The summed E-state index contributed by atoms with van der Waals surface area (Å²) in [6, 6.07) is 6.93. The number of amides is 1. The lowest BCUT2D eigenvalue weighted by Gasteiger charge is -2.26. The summed E-state index contributed by atoms with van der Waals surface area (Å²) in [5, 5.41) is 3.31. The Morgan fingerprint density at radius 2 is 2.16 bits per heavy atom. The van der Waals surface area contributed by atoms with Crippen molar-refractivity contribution in [1.82, 2.24) is 14.9 Å². The van der Waals surface area contributed by atoms with Gasteiger partial charge in [0.1, 0.15) is 5.82 Å². The number of fused-ring (bicyclic) bond motifs is 2. The molecule has 0 saturated carbocycles. The van der Waals surface area contributed by atoms with Crippen molar-refractivity contribution in [2.24, 2.45) is 5.92 Å². The number of carbonyl (C=O) groups excluding carboxylic acids is 1. The third kappa shape index (κ3) is 3.35. The average molecular weight is 337 g/mol. The summed E-state index contributed by atoms with van der Waals surface area (Å²) in [7, 11) is 0. The van der Waals surface area contributed by atoms with Crippen LogP contribution in [0.15, 0.2) is 30.6 Å². The Balaban J connectivity index is 1.46. The smallest absolute Gasteiger partial charge is 0.224 e. The van der Waals surface area contributed by atoms with Crippen LogP contribution in [0.1, 0.15) is 61.2 Å². The highest BCUT2D eigenvalue weighted by Crippen LogP contribution is 2.27. The fraction of sp³-hybridized carbons (Fsp3) is 0.524.